The molecule has 0 aliphatic carbocycles. The highest BCUT2D eigenvalue weighted by molar-refractivity contribution is 6.34. The van der Waals surface area contributed by atoms with E-state index in [2.05, 4.69) is 5.32 Å². The molecule has 0 saturated carbocycles. The van der Waals surface area contributed by atoms with Crippen molar-refractivity contribution in [2.75, 3.05) is 6.61 Å². The normalized spacial score (nSPS) is 11.2. The summed E-state index contributed by atoms with van der Waals surface area (Å²) in [4.78, 5) is 22.0. The Balaban J connectivity index is 2.92. The van der Waals surface area contributed by atoms with Crippen LogP contribution in [0.2, 0.25) is 5.02 Å². The third-order valence-electron chi connectivity index (χ3n) is 2.60. The molecule has 6 nitrogen and oxygen atoms in total. The molecular weight excluding hydrogens is 272 g/mol. The van der Waals surface area contributed by atoms with Gasteiger partial charge in [0.15, 0.2) is 0 Å². The minimum Gasteiger partial charge on any atom is -0.396 e. The number of hydrogen-bond donors (Lipinski definition) is 2. The number of hydrogen-bond acceptors (Lipinski definition) is 4. The Kier molecular flexibility index (Phi) is 4.85. The summed E-state index contributed by atoms with van der Waals surface area (Å²) in [6.07, 6.45) is 0.392. The standard InChI is InChI=1S/C12H15ClN2O4/c1-12(2,5-6-16)14-11(17)9-4-3-8(15(18)19)7-10(9)13/h3-4,7,16H,5-6H2,1-2H3,(H,14,17). The van der Waals surface area contributed by atoms with E-state index in [0.717, 1.165) is 6.07 Å². The minimum atomic E-state index is -0.586. The Morgan fingerprint density at radius 3 is 2.63 bits per heavy atom. The quantitative estimate of drug-likeness (QED) is 0.640. The molecule has 1 aromatic rings. The van der Waals surface area contributed by atoms with E-state index < -0.39 is 16.4 Å². The van der Waals surface area contributed by atoms with Crippen LogP contribution < -0.4 is 5.32 Å². The highest BCUT2D eigenvalue weighted by Gasteiger charge is 2.22. The third-order valence-corrected chi connectivity index (χ3v) is 2.91. The number of nitro groups is 1. The van der Waals surface area contributed by atoms with Gasteiger partial charge in [0.25, 0.3) is 11.6 Å². The molecule has 1 aromatic carbocycles. The Labute approximate surface area is 115 Å². The van der Waals surface area contributed by atoms with Crippen molar-refractivity contribution in [3.05, 3.63) is 38.9 Å². The van der Waals surface area contributed by atoms with Gasteiger partial charge < -0.3 is 10.4 Å². The number of amides is 1. The van der Waals surface area contributed by atoms with E-state index in [-0.39, 0.29) is 22.9 Å². The molecule has 0 bridgehead atoms. The first-order valence-corrected chi connectivity index (χ1v) is 6.02. The predicted molar refractivity (Wildman–Crippen MR) is 71.4 cm³/mol. The first kappa shape index (κ1) is 15.4. The Bertz CT molecular complexity index is 503. The van der Waals surface area contributed by atoms with E-state index in [9.17, 15) is 14.9 Å². The molecule has 0 heterocycles. The number of non-ortho nitro benzene ring substituents is 1. The monoisotopic (exact) mass is 286 g/mol. The number of aliphatic hydroxyl groups is 1. The van der Waals surface area contributed by atoms with E-state index in [1.807, 2.05) is 0 Å². The first-order valence-electron chi connectivity index (χ1n) is 5.64. The van der Waals surface area contributed by atoms with Crippen molar-refractivity contribution in [1.82, 2.24) is 5.32 Å². The fourth-order valence-corrected chi connectivity index (χ4v) is 1.78. The van der Waals surface area contributed by atoms with Gasteiger partial charge in [-0.05, 0) is 26.3 Å². The van der Waals surface area contributed by atoms with Crippen molar-refractivity contribution in [3.8, 4) is 0 Å². The van der Waals surface area contributed by atoms with Crippen molar-refractivity contribution in [2.45, 2.75) is 25.8 Å². The molecule has 104 valence electrons. The Morgan fingerprint density at radius 2 is 2.16 bits per heavy atom. The zero-order valence-corrected chi connectivity index (χ0v) is 11.4. The molecule has 19 heavy (non-hydrogen) atoms. The molecular formula is C12H15ClN2O4. The molecule has 0 radical (unpaired) electrons. The first-order chi connectivity index (χ1) is 8.76. The molecule has 0 fully saturated rings. The Morgan fingerprint density at radius 1 is 1.53 bits per heavy atom. The van der Waals surface area contributed by atoms with Crippen molar-refractivity contribution in [2.24, 2.45) is 0 Å². The van der Waals surface area contributed by atoms with Gasteiger partial charge >= 0.3 is 0 Å². The number of nitro benzene ring substituents is 1. The van der Waals surface area contributed by atoms with E-state index >= 15 is 0 Å². The molecule has 2 N–H and O–H groups in total. The number of rotatable bonds is 5. The van der Waals surface area contributed by atoms with Gasteiger partial charge in [-0.25, -0.2) is 0 Å². The van der Waals surface area contributed by atoms with Crippen molar-refractivity contribution in [1.29, 1.82) is 0 Å². The van der Waals surface area contributed by atoms with Crippen molar-refractivity contribution < 1.29 is 14.8 Å². The van der Waals surface area contributed by atoms with Crippen LogP contribution in [0.4, 0.5) is 5.69 Å². The van der Waals surface area contributed by atoms with Crippen LogP contribution in [-0.4, -0.2) is 28.1 Å². The Hall–Kier alpha value is -1.66. The van der Waals surface area contributed by atoms with Gasteiger partial charge in [0.05, 0.1) is 15.5 Å². The fraction of sp³-hybridized carbons (Fsp3) is 0.417. The largest absolute Gasteiger partial charge is 0.396 e. The number of benzene rings is 1. The van der Waals surface area contributed by atoms with Crippen molar-refractivity contribution in [3.63, 3.8) is 0 Å². The summed E-state index contributed by atoms with van der Waals surface area (Å²) >= 11 is 5.86. The molecule has 0 unspecified atom stereocenters. The second-order valence-corrected chi connectivity index (χ2v) is 5.14. The van der Waals surface area contributed by atoms with Gasteiger partial charge in [-0.2, -0.15) is 0 Å². The summed E-state index contributed by atoms with van der Waals surface area (Å²) < 4.78 is 0. The molecule has 7 heteroatoms. The second-order valence-electron chi connectivity index (χ2n) is 4.73. The van der Waals surface area contributed by atoms with Crippen LogP contribution in [0.1, 0.15) is 30.6 Å². The minimum absolute atomic E-state index is 0.0199. The highest BCUT2D eigenvalue weighted by atomic mass is 35.5. The molecule has 0 saturated heterocycles. The van der Waals surface area contributed by atoms with E-state index in [0.29, 0.717) is 6.42 Å². The smallest absolute Gasteiger partial charge is 0.270 e. The van der Waals surface area contributed by atoms with Crippen LogP contribution in [0.5, 0.6) is 0 Å². The van der Waals surface area contributed by atoms with Gasteiger partial charge in [-0.15, -0.1) is 0 Å². The van der Waals surface area contributed by atoms with E-state index in [1.165, 1.54) is 12.1 Å². The maximum absolute atomic E-state index is 12.0. The molecule has 0 aliphatic heterocycles. The predicted octanol–water partition coefficient (Wildman–Crippen LogP) is 2.14. The van der Waals surface area contributed by atoms with E-state index in [4.69, 9.17) is 16.7 Å². The van der Waals surface area contributed by atoms with Crippen LogP contribution in [-0.2, 0) is 0 Å². The number of carbonyl (C=O) groups is 1. The van der Waals surface area contributed by atoms with Crippen LogP contribution in [0.3, 0.4) is 0 Å². The SMILES string of the molecule is CC(C)(CCO)NC(=O)c1ccc([N+](=O)[O-])cc1Cl. The zero-order valence-electron chi connectivity index (χ0n) is 10.6. The zero-order chi connectivity index (χ0) is 14.6. The summed E-state index contributed by atoms with van der Waals surface area (Å²) in [5.41, 5.74) is -0.592. The van der Waals surface area contributed by atoms with Gasteiger partial charge in [0, 0.05) is 24.3 Å². The summed E-state index contributed by atoms with van der Waals surface area (Å²) in [5.74, 6) is -0.432. The van der Waals surface area contributed by atoms with Gasteiger partial charge in [-0.1, -0.05) is 11.6 Å². The van der Waals surface area contributed by atoms with Crippen molar-refractivity contribution >= 4 is 23.2 Å². The topological polar surface area (TPSA) is 92.5 Å². The van der Waals surface area contributed by atoms with E-state index in [1.54, 1.807) is 13.8 Å². The molecule has 1 rings (SSSR count). The highest BCUT2D eigenvalue weighted by Crippen LogP contribution is 2.23. The molecule has 0 spiro atoms. The average molecular weight is 287 g/mol. The van der Waals surface area contributed by atoms with Gasteiger partial charge in [0.1, 0.15) is 0 Å². The summed E-state index contributed by atoms with van der Waals surface area (Å²) in [7, 11) is 0. The lowest BCUT2D eigenvalue weighted by Crippen LogP contribution is -2.44. The van der Waals surface area contributed by atoms with Crippen LogP contribution >= 0.6 is 11.6 Å². The second kappa shape index (κ2) is 5.99. The van der Waals surface area contributed by atoms with Gasteiger partial charge in [0.2, 0.25) is 0 Å². The summed E-state index contributed by atoms with van der Waals surface area (Å²) in [5, 5.41) is 22.2. The number of nitrogens with zero attached hydrogens (tertiary/aromatic N) is 1. The number of nitrogens with one attached hydrogen (secondary N) is 1. The third kappa shape index (κ3) is 4.18. The van der Waals surface area contributed by atoms with Gasteiger partial charge in [-0.3, -0.25) is 14.9 Å². The lowest BCUT2D eigenvalue weighted by molar-refractivity contribution is -0.384. The number of halogens is 1. The maximum Gasteiger partial charge on any atom is 0.270 e. The average Bonchev–Trinajstić information content (AvgIpc) is 2.27. The molecule has 0 aliphatic rings. The van der Waals surface area contributed by atoms with Crippen LogP contribution in [0, 0.1) is 10.1 Å². The molecule has 0 aromatic heterocycles. The molecule has 0 atom stereocenters. The number of carbonyl (C=O) groups excluding carboxylic acids is 1. The molecule has 1 amide bonds. The maximum atomic E-state index is 12.0. The van der Waals surface area contributed by atoms with Crippen LogP contribution in [0.25, 0.3) is 0 Å². The number of aliphatic hydroxyl groups excluding tert-OH is 1. The summed E-state index contributed by atoms with van der Waals surface area (Å²) in [6, 6.07) is 3.67. The fourth-order valence-electron chi connectivity index (χ4n) is 1.52. The lowest BCUT2D eigenvalue weighted by Gasteiger charge is -2.25. The summed E-state index contributed by atoms with van der Waals surface area (Å²) in [6.45, 7) is 3.47. The van der Waals surface area contributed by atoms with Crippen LogP contribution in [0.15, 0.2) is 18.2 Å². The lowest BCUT2D eigenvalue weighted by atomic mass is 10.0.